The molecule has 0 fully saturated rings. The Bertz CT molecular complexity index is 500. The van der Waals surface area contributed by atoms with Crippen LogP contribution >= 0.6 is 0 Å². The fraction of sp³-hybridized carbons (Fsp3) is 0.385. The lowest BCUT2D eigenvalue weighted by atomic mass is 9.96. The van der Waals surface area contributed by atoms with Gasteiger partial charge >= 0.3 is 18.1 Å². The second-order valence-corrected chi connectivity index (χ2v) is 4.17. The number of carboxylic acids is 1. The molecule has 0 aliphatic rings. The van der Waals surface area contributed by atoms with Gasteiger partial charge in [-0.1, -0.05) is 31.2 Å². The second-order valence-electron chi connectivity index (χ2n) is 4.17. The highest BCUT2D eigenvalue weighted by Gasteiger charge is 2.40. The van der Waals surface area contributed by atoms with Crippen LogP contribution in [0.3, 0.4) is 0 Å². The van der Waals surface area contributed by atoms with Crippen LogP contribution in [0.5, 0.6) is 0 Å². The van der Waals surface area contributed by atoms with Gasteiger partial charge in [-0.05, 0) is 17.5 Å². The van der Waals surface area contributed by atoms with E-state index in [1.807, 2.05) is 0 Å². The van der Waals surface area contributed by atoms with Crippen LogP contribution in [0.2, 0.25) is 0 Å². The number of hydrogen-bond acceptors (Lipinski definition) is 2. The van der Waals surface area contributed by atoms with Crippen LogP contribution in [0.25, 0.3) is 0 Å². The van der Waals surface area contributed by atoms with Crippen molar-refractivity contribution >= 4 is 11.9 Å². The van der Waals surface area contributed by atoms with Crippen LogP contribution in [0.4, 0.5) is 13.2 Å². The fourth-order valence-electron chi connectivity index (χ4n) is 1.85. The number of amides is 1. The number of carbonyl (C=O) groups excluding carboxylic acids is 1. The fourth-order valence-corrected chi connectivity index (χ4v) is 1.85. The first kappa shape index (κ1) is 16.0. The number of hydrogen-bond donors (Lipinski definition) is 2. The average Bonchev–Trinajstić information content (AvgIpc) is 2.36. The summed E-state index contributed by atoms with van der Waals surface area (Å²) < 4.78 is 36.9. The summed E-state index contributed by atoms with van der Waals surface area (Å²) in [6.45, 7) is 1.79. The van der Waals surface area contributed by atoms with Gasteiger partial charge in [-0.25, -0.2) is 0 Å². The normalized spacial score (nSPS) is 12.8. The number of aryl methyl sites for hydroxylation is 1. The van der Waals surface area contributed by atoms with Crippen molar-refractivity contribution in [1.82, 2.24) is 5.32 Å². The number of carboxylic acid groups (broad SMARTS) is 1. The molecule has 0 aliphatic carbocycles. The van der Waals surface area contributed by atoms with Crippen molar-refractivity contribution < 1.29 is 27.9 Å². The standard InChI is InChI=1S/C13H14F3NO3/c1-2-8-5-3-4-6-9(8)10(7-11(18)19)17-12(20)13(14,15)16/h3-6,10H,2,7H2,1H3,(H,17,20)(H,18,19). The Morgan fingerprint density at radius 3 is 2.40 bits per heavy atom. The number of aliphatic carboxylic acids is 1. The summed E-state index contributed by atoms with van der Waals surface area (Å²) in [5.74, 6) is -3.43. The topological polar surface area (TPSA) is 66.4 Å². The zero-order valence-corrected chi connectivity index (χ0v) is 10.7. The maximum Gasteiger partial charge on any atom is 0.471 e. The minimum Gasteiger partial charge on any atom is -0.481 e. The van der Waals surface area contributed by atoms with Gasteiger partial charge in [0.2, 0.25) is 0 Å². The monoisotopic (exact) mass is 289 g/mol. The molecule has 1 aromatic carbocycles. The molecule has 110 valence electrons. The maximum atomic E-state index is 12.3. The Hall–Kier alpha value is -2.05. The lowest BCUT2D eigenvalue weighted by molar-refractivity contribution is -0.174. The summed E-state index contributed by atoms with van der Waals surface area (Å²) in [5.41, 5.74) is 1.08. The highest BCUT2D eigenvalue weighted by atomic mass is 19.4. The van der Waals surface area contributed by atoms with E-state index in [4.69, 9.17) is 5.11 Å². The van der Waals surface area contributed by atoms with Gasteiger partial charge in [0.25, 0.3) is 0 Å². The molecule has 0 bridgehead atoms. The Kier molecular flexibility index (Phi) is 5.12. The van der Waals surface area contributed by atoms with Crippen molar-refractivity contribution in [3.8, 4) is 0 Å². The number of nitrogens with one attached hydrogen (secondary N) is 1. The summed E-state index contributed by atoms with van der Waals surface area (Å²) in [6.07, 6.45) is -5.13. The molecule has 1 aromatic rings. The predicted octanol–water partition coefficient (Wildman–Crippen LogP) is 2.44. The molecule has 1 rings (SSSR count). The van der Waals surface area contributed by atoms with Crippen molar-refractivity contribution in [2.75, 3.05) is 0 Å². The van der Waals surface area contributed by atoms with Crippen LogP contribution in [0.15, 0.2) is 24.3 Å². The minimum absolute atomic E-state index is 0.384. The lowest BCUT2D eigenvalue weighted by Gasteiger charge is -2.20. The van der Waals surface area contributed by atoms with E-state index in [-0.39, 0.29) is 0 Å². The third-order valence-corrected chi connectivity index (χ3v) is 2.75. The first-order valence-electron chi connectivity index (χ1n) is 5.93. The highest BCUT2D eigenvalue weighted by molar-refractivity contribution is 5.82. The molecule has 0 aromatic heterocycles. The molecule has 20 heavy (non-hydrogen) atoms. The summed E-state index contributed by atoms with van der Waals surface area (Å²) in [4.78, 5) is 21.8. The molecule has 0 heterocycles. The van der Waals surface area contributed by atoms with E-state index in [0.717, 1.165) is 0 Å². The largest absolute Gasteiger partial charge is 0.481 e. The molecule has 1 amide bonds. The quantitative estimate of drug-likeness (QED) is 0.875. The van der Waals surface area contributed by atoms with Crippen LogP contribution in [0, 0.1) is 0 Å². The zero-order chi connectivity index (χ0) is 15.3. The van der Waals surface area contributed by atoms with Crippen LogP contribution in [-0.2, 0) is 16.0 Å². The molecule has 0 aliphatic heterocycles. The van der Waals surface area contributed by atoms with E-state index < -0.39 is 30.5 Å². The molecular weight excluding hydrogens is 275 g/mol. The molecule has 2 N–H and O–H groups in total. The minimum atomic E-state index is -5.04. The summed E-state index contributed by atoms with van der Waals surface area (Å²) >= 11 is 0. The van der Waals surface area contributed by atoms with E-state index in [2.05, 4.69) is 0 Å². The molecule has 1 unspecified atom stereocenters. The van der Waals surface area contributed by atoms with Crippen LogP contribution in [0.1, 0.15) is 30.5 Å². The molecular formula is C13H14F3NO3. The SMILES string of the molecule is CCc1ccccc1C(CC(=O)O)NC(=O)C(F)(F)F. The average molecular weight is 289 g/mol. The lowest BCUT2D eigenvalue weighted by Crippen LogP contribution is -2.40. The summed E-state index contributed by atoms with van der Waals surface area (Å²) in [5, 5.41) is 10.5. The van der Waals surface area contributed by atoms with Crippen LogP contribution < -0.4 is 5.32 Å². The first-order valence-corrected chi connectivity index (χ1v) is 5.93. The Morgan fingerprint density at radius 2 is 1.90 bits per heavy atom. The number of carbonyl (C=O) groups is 2. The number of halogens is 3. The van der Waals surface area contributed by atoms with Crippen molar-refractivity contribution in [2.24, 2.45) is 0 Å². The molecule has 0 saturated carbocycles. The Labute approximate surface area is 113 Å². The van der Waals surface area contributed by atoms with Crippen molar-refractivity contribution in [3.63, 3.8) is 0 Å². The van der Waals surface area contributed by atoms with Crippen molar-refractivity contribution in [3.05, 3.63) is 35.4 Å². The summed E-state index contributed by atoms with van der Waals surface area (Å²) in [7, 11) is 0. The van der Waals surface area contributed by atoms with E-state index >= 15 is 0 Å². The van der Waals surface area contributed by atoms with Crippen molar-refractivity contribution in [1.29, 1.82) is 0 Å². The van der Waals surface area contributed by atoms with Gasteiger partial charge in [-0.2, -0.15) is 13.2 Å². The number of rotatable bonds is 5. The number of benzene rings is 1. The van der Waals surface area contributed by atoms with Gasteiger partial charge in [0.15, 0.2) is 0 Å². The van der Waals surface area contributed by atoms with Gasteiger partial charge in [0, 0.05) is 0 Å². The molecule has 4 nitrogen and oxygen atoms in total. The van der Waals surface area contributed by atoms with E-state index in [1.165, 1.54) is 6.07 Å². The summed E-state index contributed by atoms with van der Waals surface area (Å²) in [6, 6.07) is 5.28. The van der Waals surface area contributed by atoms with Gasteiger partial charge in [0.1, 0.15) is 0 Å². The van der Waals surface area contributed by atoms with Crippen LogP contribution in [-0.4, -0.2) is 23.2 Å². The molecule has 0 saturated heterocycles. The first-order chi connectivity index (χ1) is 9.25. The third-order valence-electron chi connectivity index (χ3n) is 2.75. The van der Waals surface area contributed by atoms with Gasteiger partial charge < -0.3 is 10.4 Å². The molecule has 1 atom stereocenters. The van der Waals surface area contributed by atoms with Gasteiger partial charge in [-0.3, -0.25) is 9.59 Å². The van der Waals surface area contributed by atoms with E-state index in [1.54, 1.807) is 30.4 Å². The number of alkyl halides is 3. The molecule has 0 radical (unpaired) electrons. The van der Waals surface area contributed by atoms with Crippen molar-refractivity contribution in [2.45, 2.75) is 32.0 Å². The molecule has 0 spiro atoms. The Morgan fingerprint density at radius 1 is 1.30 bits per heavy atom. The second kappa shape index (κ2) is 6.40. The zero-order valence-electron chi connectivity index (χ0n) is 10.7. The maximum absolute atomic E-state index is 12.3. The molecule has 7 heteroatoms. The Balaban J connectivity index is 3.06. The third kappa shape index (κ3) is 4.25. The van der Waals surface area contributed by atoms with Gasteiger partial charge in [0.05, 0.1) is 12.5 Å². The smallest absolute Gasteiger partial charge is 0.471 e. The highest BCUT2D eigenvalue weighted by Crippen LogP contribution is 2.24. The van der Waals surface area contributed by atoms with E-state index in [0.29, 0.717) is 17.5 Å². The van der Waals surface area contributed by atoms with E-state index in [9.17, 15) is 22.8 Å². The van der Waals surface area contributed by atoms with Gasteiger partial charge in [-0.15, -0.1) is 0 Å². The predicted molar refractivity (Wildman–Crippen MR) is 65.0 cm³/mol.